The van der Waals surface area contributed by atoms with E-state index in [1.54, 1.807) is 7.11 Å². The number of methoxy groups -OCH3 is 1. The Bertz CT molecular complexity index is 617. The molecule has 0 aliphatic heterocycles. The molecule has 2 aromatic rings. The highest BCUT2D eigenvalue weighted by atomic mass is 16.5. The molecule has 0 aliphatic rings. The van der Waals surface area contributed by atoms with E-state index in [-0.39, 0.29) is 6.03 Å². The lowest BCUT2D eigenvalue weighted by atomic mass is 10.1. The number of aliphatic hydroxyl groups is 1. The molecule has 1 unspecified atom stereocenters. The van der Waals surface area contributed by atoms with Gasteiger partial charge >= 0.3 is 6.03 Å². The summed E-state index contributed by atoms with van der Waals surface area (Å²) in [4.78, 5) is 11.9. The molecule has 122 valence electrons. The third-order valence-electron chi connectivity index (χ3n) is 3.45. The fourth-order valence-corrected chi connectivity index (χ4v) is 2.25. The second-order valence-electron chi connectivity index (χ2n) is 5.19. The second kappa shape index (κ2) is 8.92. The average Bonchev–Trinajstić information content (AvgIpc) is 2.57. The van der Waals surface area contributed by atoms with Crippen molar-refractivity contribution in [2.45, 2.75) is 19.1 Å². The van der Waals surface area contributed by atoms with Crippen molar-refractivity contribution in [1.29, 1.82) is 0 Å². The number of anilines is 1. The Morgan fingerprint density at radius 2 is 1.83 bits per heavy atom. The molecule has 23 heavy (non-hydrogen) atoms. The first-order valence-electron chi connectivity index (χ1n) is 7.55. The van der Waals surface area contributed by atoms with Crippen LogP contribution in [-0.4, -0.2) is 24.8 Å². The van der Waals surface area contributed by atoms with Crippen LogP contribution in [0.5, 0.6) is 0 Å². The van der Waals surface area contributed by atoms with Gasteiger partial charge in [0.15, 0.2) is 0 Å². The standard InChI is InChI=1S/C18H22N2O3/c1-23-13-15-9-5-6-10-16(15)20-18(22)19-12-11-17(21)14-7-3-2-4-8-14/h2-10,17,21H,11-13H2,1H3,(H2,19,20,22). The van der Waals surface area contributed by atoms with E-state index in [2.05, 4.69) is 10.6 Å². The minimum Gasteiger partial charge on any atom is -0.388 e. The lowest BCUT2D eigenvalue weighted by molar-refractivity contribution is 0.167. The Hall–Kier alpha value is -2.37. The Labute approximate surface area is 136 Å². The summed E-state index contributed by atoms with van der Waals surface area (Å²) in [5.41, 5.74) is 2.48. The van der Waals surface area contributed by atoms with Crippen LogP contribution >= 0.6 is 0 Å². The summed E-state index contributed by atoms with van der Waals surface area (Å²) < 4.78 is 5.11. The fourth-order valence-electron chi connectivity index (χ4n) is 2.25. The molecule has 2 rings (SSSR count). The predicted molar refractivity (Wildman–Crippen MR) is 90.2 cm³/mol. The van der Waals surface area contributed by atoms with Gasteiger partial charge in [-0.2, -0.15) is 0 Å². The minimum atomic E-state index is -0.586. The molecule has 0 aliphatic carbocycles. The largest absolute Gasteiger partial charge is 0.388 e. The van der Waals surface area contributed by atoms with Crippen molar-refractivity contribution >= 4 is 11.7 Å². The van der Waals surface area contributed by atoms with Crippen molar-refractivity contribution < 1.29 is 14.6 Å². The van der Waals surface area contributed by atoms with E-state index in [0.29, 0.717) is 19.6 Å². The minimum absolute atomic E-state index is 0.297. The second-order valence-corrected chi connectivity index (χ2v) is 5.19. The molecule has 0 fully saturated rings. The maximum atomic E-state index is 11.9. The SMILES string of the molecule is COCc1ccccc1NC(=O)NCCC(O)c1ccccc1. The van der Waals surface area contributed by atoms with Gasteiger partial charge in [-0.3, -0.25) is 0 Å². The van der Waals surface area contributed by atoms with Gasteiger partial charge in [0, 0.05) is 24.9 Å². The highest BCUT2D eigenvalue weighted by Crippen LogP contribution is 2.16. The van der Waals surface area contributed by atoms with E-state index in [1.807, 2.05) is 54.6 Å². The zero-order valence-corrected chi connectivity index (χ0v) is 13.2. The third kappa shape index (κ3) is 5.39. The number of hydrogen-bond acceptors (Lipinski definition) is 3. The summed E-state index contributed by atoms with van der Waals surface area (Å²) in [6, 6.07) is 16.6. The monoisotopic (exact) mass is 314 g/mol. The lowest BCUT2D eigenvalue weighted by Gasteiger charge is -2.13. The van der Waals surface area contributed by atoms with Crippen LogP contribution in [0.25, 0.3) is 0 Å². The summed E-state index contributed by atoms with van der Waals surface area (Å²) in [5.74, 6) is 0. The molecule has 1 atom stereocenters. The van der Waals surface area contributed by atoms with Crippen molar-refractivity contribution in [3.8, 4) is 0 Å². The van der Waals surface area contributed by atoms with E-state index >= 15 is 0 Å². The van der Waals surface area contributed by atoms with Crippen molar-refractivity contribution in [2.24, 2.45) is 0 Å². The molecular weight excluding hydrogens is 292 g/mol. The Balaban J connectivity index is 1.79. The molecule has 0 spiro atoms. The van der Waals surface area contributed by atoms with Crippen molar-refractivity contribution in [2.75, 3.05) is 19.0 Å². The molecule has 0 aromatic heterocycles. The summed E-state index contributed by atoms with van der Waals surface area (Å²) in [6.07, 6.45) is -0.130. The number of nitrogens with one attached hydrogen (secondary N) is 2. The van der Waals surface area contributed by atoms with Gasteiger partial charge in [-0.1, -0.05) is 48.5 Å². The average molecular weight is 314 g/mol. The zero-order chi connectivity index (χ0) is 16.5. The number of amides is 2. The normalized spacial score (nSPS) is 11.7. The number of urea groups is 1. The smallest absolute Gasteiger partial charge is 0.319 e. The maximum Gasteiger partial charge on any atom is 0.319 e. The molecule has 3 N–H and O–H groups in total. The van der Waals surface area contributed by atoms with Crippen molar-refractivity contribution in [1.82, 2.24) is 5.32 Å². The molecule has 2 aromatic carbocycles. The zero-order valence-electron chi connectivity index (χ0n) is 13.2. The van der Waals surface area contributed by atoms with Crippen LogP contribution in [0.3, 0.4) is 0 Å². The molecule has 0 bridgehead atoms. The van der Waals surface area contributed by atoms with Crippen molar-refractivity contribution in [3.63, 3.8) is 0 Å². The van der Waals surface area contributed by atoms with Crippen LogP contribution < -0.4 is 10.6 Å². The number of rotatable bonds is 7. The molecule has 0 heterocycles. The van der Waals surface area contributed by atoms with Gasteiger partial charge in [0.05, 0.1) is 12.7 Å². The first kappa shape index (κ1) is 17.0. The van der Waals surface area contributed by atoms with Crippen LogP contribution in [0.2, 0.25) is 0 Å². The van der Waals surface area contributed by atoms with Crippen LogP contribution in [0.1, 0.15) is 23.7 Å². The highest BCUT2D eigenvalue weighted by Gasteiger charge is 2.09. The summed E-state index contributed by atoms with van der Waals surface area (Å²) in [6.45, 7) is 0.817. The Morgan fingerprint density at radius 3 is 2.57 bits per heavy atom. The number of carbonyl (C=O) groups is 1. The van der Waals surface area contributed by atoms with E-state index in [4.69, 9.17) is 4.74 Å². The van der Waals surface area contributed by atoms with Crippen LogP contribution in [0.4, 0.5) is 10.5 Å². The number of carbonyl (C=O) groups excluding carboxylic acids is 1. The van der Waals surface area contributed by atoms with Crippen LogP contribution in [0.15, 0.2) is 54.6 Å². The lowest BCUT2D eigenvalue weighted by Crippen LogP contribution is -2.30. The van der Waals surface area contributed by atoms with Crippen LogP contribution in [0, 0.1) is 0 Å². The van der Waals surface area contributed by atoms with Gasteiger partial charge in [0.25, 0.3) is 0 Å². The Morgan fingerprint density at radius 1 is 1.13 bits per heavy atom. The topological polar surface area (TPSA) is 70.6 Å². The predicted octanol–water partition coefficient (Wildman–Crippen LogP) is 3.08. The number of benzene rings is 2. The molecular formula is C18H22N2O3. The first-order valence-corrected chi connectivity index (χ1v) is 7.55. The molecule has 0 saturated heterocycles. The van der Waals surface area contributed by atoms with E-state index in [1.165, 1.54) is 0 Å². The van der Waals surface area contributed by atoms with E-state index < -0.39 is 6.10 Å². The maximum absolute atomic E-state index is 11.9. The van der Waals surface area contributed by atoms with Gasteiger partial charge in [0.1, 0.15) is 0 Å². The number of para-hydroxylation sites is 1. The quantitative estimate of drug-likeness (QED) is 0.735. The molecule has 5 heteroatoms. The number of aliphatic hydroxyl groups excluding tert-OH is 1. The van der Waals surface area contributed by atoms with Gasteiger partial charge in [-0.25, -0.2) is 4.79 Å². The van der Waals surface area contributed by atoms with Gasteiger partial charge in [-0.05, 0) is 18.1 Å². The third-order valence-corrected chi connectivity index (χ3v) is 3.45. The molecule has 0 radical (unpaired) electrons. The Kier molecular flexibility index (Phi) is 6.59. The van der Waals surface area contributed by atoms with Gasteiger partial charge in [-0.15, -0.1) is 0 Å². The molecule has 0 saturated carbocycles. The molecule has 2 amide bonds. The van der Waals surface area contributed by atoms with Gasteiger partial charge in [0.2, 0.25) is 0 Å². The van der Waals surface area contributed by atoms with E-state index in [0.717, 1.165) is 16.8 Å². The summed E-state index contributed by atoms with van der Waals surface area (Å²) in [5, 5.41) is 15.6. The first-order chi connectivity index (χ1) is 11.2. The van der Waals surface area contributed by atoms with Crippen molar-refractivity contribution in [3.05, 3.63) is 65.7 Å². The number of hydrogen-bond donors (Lipinski definition) is 3. The van der Waals surface area contributed by atoms with Gasteiger partial charge < -0.3 is 20.5 Å². The number of ether oxygens (including phenoxy) is 1. The van der Waals surface area contributed by atoms with Crippen LogP contribution in [-0.2, 0) is 11.3 Å². The summed E-state index contributed by atoms with van der Waals surface area (Å²) in [7, 11) is 1.61. The van der Waals surface area contributed by atoms with E-state index in [9.17, 15) is 9.90 Å². The summed E-state index contributed by atoms with van der Waals surface area (Å²) >= 11 is 0. The fraction of sp³-hybridized carbons (Fsp3) is 0.278. The molecule has 5 nitrogen and oxygen atoms in total. The highest BCUT2D eigenvalue weighted by molar-refractivity contribution is 5.90.